The molecule has 1 aliphatic heterocycles. The summed E-state index contributed by atoms with van der Waals surface area (Å²) in [6, 6.07) is 0.403. The molecule has 3 amide bonds. The van der Waals surface area contributed by atoms with Crippen molar-refractivity contribution < 1.29 is 9.59 Å². The Morgan fingerprint density at radius 2 is 2.00 bits per heavy atom. The Labute approximate surface area is 121 Å². The van der Waals surface area contributed by atoms with Crippen LogP contribution >= 0.6 is 11.3 Å². The molecule has 1 aliphatic carbocycles. The lowest BCUT2D eigenvalue weighted by Crippen LogP contribution is -2.46. The number of aromatic nitrogens is 1. The fourth-order valence-electron chi connectivity index (χ4n) is 2.33. The average molecular weight is 294 g/mol. The zero-order chi connectivity index (χ0) is 13.9. The molecule has 2 heterocycles. The van der Waals surface area contributed by atoms with Gasteiger partial charge in [0.25, 0.3) is 0 Å². The number of anilines is 1. The number of carbonyl (C=O) groups excluding carboxylic acids is 2. The van der Waals surface area contributed by atoms with Crippen LogP contribution < -0.4 is 10.6 Å². The molecule has 7 heteroatoms. The Kier molecular flexibility index (Phi) is 3.86. The Bertz CT molecular complexity index is 479. The summed E-state index contributed by atoms with van der Waals surface area (Å²) in [6.07, 6.45) is 5.30. The molecule has 0 unspecified atom stereocenters. The average Bonchev–Trinajstić information content (AvgIpc) is 3.12. The number of nitrogens with one attached hydrogen (secondary N) is 2. The second-order valence-corrected chi connectivity index (χ2v) is 6.21. The zero-order valence-electron chi connectivity index (χ0n) is 11.2. The van der Waals surface area contributed by atoms with Crippen LogP contribution in [-0.2, 0) is 4.79 Å². The van der Waals surface area contributed by atoms with E-state index in [1.807, 2.05) is 10.3 Å². The Balaban J connectivity index is 1.45. The van der Waals surface area contributed by atoms with Gasteiger partial charge in [0.1, 0.15) is 0 Å². The number of thiazole rings is 1. The molecule has 0 radical (unpaired) electrons. The summed E-state index contributed by atoms with van der Waals surface area (Å²) in [7, 11) is 0. The molecule has 108 valence electrons. The third-order valence-electron chi connectivity index (χ3n) is 3.72. The molecule has 2 fully saturated rings. The van der Waals surface area contributed by atoms with Crippen LogP contribution in [0.5, 0.6) is 0 Å². The van der Waals surface area contributed by atoms with Crippen LogP contribution in [0.4, 0.5) is 9.93 Å². The van der Waals surface area contributed by atoms with Gasteiger partial charge in [-0.25, -0.2) is 9.78 Å². The van der Waals surface area contributed by atoms with Crippen LogP contribution in [0.15, 0.2) is 11.6 Å². The van der Waals surface area contributed by atoms with Gasteiger partial charge in [0.15, 0.2) is 5.13 Å². The summed E-state index contributed by atoms with van der Waals surface area (Å²) in [5.74, 6) is -0.00826. The summed E-state index contributed by atoms with van der Waals surface area (Å²) < 4.78 is 0. The summed E-state index contributed by atoms with van der Waals surface area (Å²) >= 11 is 1.42. The number of nitrogens with zero attached hydrogens (tertiary/aromatic N) is 2. The van der Waals surface area contributed by atoms with Gasteiger partial charge in [-0.2, -0.15) is 0 Å². The highest BCUT2D eigenvalue weighted by Gasteiger charge is 2.30. The monoisotopic (exact) mass is 294 g/mol. The second kappa shape index (κ2) is 5.78. The van der Waals surface area contributed by atoms with E-state index in [9.17, 15) is 9.59 Å². The van der Waals surface area contributed by atoms with Gasteiger partial charge in [-0.15, -0.1) is 11.3 Å². The van der Waals surface area contributed by atoms with E-state index in [1.54, 1.807) is 6.20 Å². The highest BCUT2D eigenvalue weighted by atomic mass is 32.1. The first-order valence-corrected chi connectivity index (χ1v) is 7.86. The summed E-state index contributed by atoms with van der Waals surface area (Å²) in [6.45, 7) is 1.29. The lowest BCUT2D eigenvalue weighted by atomic mass is 9.96. The zero-order valence-corrected chi connectivity index (χ0v) is 12.0. The highest BCUT2D eigenvalue weighted by Crippen LogP contribution is 2.22. The molecular weight excluding hydrogens is 276 g/mol. The molecule has 2 N–H and O–H groups in total. The number of carbonyl (C=O) groups is 2. The van der Waals surface area contributed by atoms with Crippen molar-refractivity contribution in [3.63, 3.8) is 0 Å². The van der Waals surface area contributed by atoms with E-state index in [4.69, 9.17) is 0 Å². The quantitative estimate of drug-likeness (QED) is 0.890. The van der Waals surface area contributed by atoms with Crippen molar-refractivity contribution in [1.82, 2.24) is 15.2 Å². The molecule has 1 saturated carbocycles. The molecule has 1 saturated heterocycles. The molecule has 1 aromatic heterocycles. The summed E-state index contributed by atoms with van der Waals surface area (Å²) in [5, 5.41) is 8.29. The minimum absolute atomic E-state index is 0.0159. The van der Waals surface area contributed by atoms with Crippen LogP contribution in [0, 0.1) is 5.92 Å². The summed E-state index contributed by atoms with van der Waals surface area (Å²) in [5.41, 5.74) is 0. The third-order valence-corrected chi connectivity index (χ3v) is 4.41. The van der Waals surface area contributed by atoms with E-state index in [1.165, 1.54) is 11.3 Å². The standard InChI is InChI=1S/C13H18N4O2S/c18-11(16-12-14-5-8-20-12)9-3-6-17(7-4-9)13(19)15-10-1-2-10/h5,8-10H,1-4,6-7H2,(H,15,19)(H,14,16,18). The van der Waals surface area contributed by atoms with Crippen LogP contribution in [-0.4, -0.2) is 41.0 Å². The predicted octanol–water partition coefficient (Wildman–Crippen LogP) is 1.67. The van der Waals surface area contributed by atoms with Crippen molar-refractivity contribution in [2.24, 2.45) is 5.92 Å². The predicted molar refractivity (Wildman–Crippen MR) is 76.6 cm³/mol. The van der Waals surface area contributed by atoms with Crippen LogP contribution in [0.2, 0.25) is 0 Å². The smallest absolute Gasteiger partial charge is 0.317 e. The van der Waals surface area contributed by atoms with E-state index in [-0.39, 0.29) is 17.9 Å². The van der Waals surface area contributed by atoms with E-state index < -0.39 is 0 Å². The molecule has 1 aromatic rings. The lowest BCUT2D eigenvalue weighted by molar-refractivity contribution is -0.121. The maximum Gasteiger partial charge on any atom is 0.317 e. The van der Waals surface area contributed by atoms with Gasteiger partial charge in [0.05, 0.1) is 0 Å². The Hall–Kier alpha value is -1.63. The number of rotatable bonds is 3. The molecular formula is C13H18N4O2S. The first-order chi connectivity index (χ1) is 9.72. The minimum Gasteiger partial charge on any atom is -0.335 e. The summed E-state index contributed by atoms with van der Waals surface area (Å²) in [4.78, 5) is 29.8. The number of hydrogen-bond acceptors (Lipinski definition) is 4. The van der Waals surface area contributed by atoms with Gasteiger partial charge in [0.2, 0.25) is 5.91 Å². The number of piperidine rings is 1. The van der Waals surface area contributed by atoms with Crippen molar-refractivity contribution in [2.75, 3.05) is 18.4 Å². The van der Waals surface area contributed by atoms with Gasteiger partial charge in [-0.3, -0.25) is 4.79 Å². The maximum absolute atomic E-state index is 12.1. The van der Waals surface area contributed by atoms with Gasteiger partial charge < -0.3 is 15.5 Å². The second-order valence-electron chi connectivity index (χ2n) is 5.31. The van der Waals surface area contributed by atoms with Gasteiger partial charge >= 0.3 is 6.03 Å². The number of amides is 3. The van der Waals surface area contributed by atoms with Crippen molar-refractivity contribution in [3.8, 4) is 0 Å². The first kappa shape index (κ1) is 13.4. The molecule has 0 aromatic carbocycles. The van der Waals surface area contributed by atoms with Gasteiger partial charge in [-0.05, 0) is 25.7 Å². The fraction of sp³-hybridized carbons (Fsp3) is 0.615. The first-order valence-electron chi connectivity index (χ1n) is 6.98. The number of urea groups is 1. The van der Waals surface area contributed by atoms with E-state index in [2.05, 4.69) is 15.6 Å². The SMILES string of the molecule is O=C(Nc1nccs1)C1CCN(C(=O)NC2CC2)CC1. The Morgan fingerprint density at radius 1 is 1.25 bits per heavy atom. The fourth-order valence-corrected chi connectivity index (χ4v) is 2.86. The van der Waals surface area contributed by atoms with Gasteiger partial charge in [0, 0.05) is 36.6 Å². The molecule has 0 spiro atoms. The van der Waals surface area contributed by atoms with Crippen LogP contribution in [0.1, 0.15) is 25.7 Å². The van der Waals surface area contributed by atoms with Crippen LogP contribution in [0.3, 0.4) is 0 Å². The molecule has 2 aliphatic rings. The van der Waals surface area contributed by atoms with E-state index >= 15 is 0 Å². The number of likely N-dealkylation sites (tertiary alicyclic amines) is 1. The largest absolute Gasteiger partial charge is 0.335 e. The van der Waals surface area contributed by atoms with E-state index in [0.717, 1.165) is 25.7 Å². The number of hydrogen-bond donors (Lipinski definition) is 2. The van der Waals surface area contributed by atoms with Crippen molar-refractivity contribution in [2.45, 2.75) is 31.7 Å². The lowest BCUT2D eigenvalue weighted by Gasteiger charge is -2.31. The molecule has 0 bridgehead atoms. The van der Waals surface area contributed by atoms with Gasteiger partial charge in [-0.1, -0.05) is 0 Å². The Morgan fingerprint density at radius 3 is 2.60 bits per heavy atom. The van der Waals surface area contributed by atoms with E-state index in [0.29, 0.717) is 24.3 Å². The van der Waals surface area contributed by atoms with Crippen LogP contribution in [0.25, 0.3) is 0 Å². The van der Waals surface area contributed by atoms with Crippen molar-refractivity contribution in [3.05, 3.63) is 11.6 Å². The molecule has 6 nitrogen and oxygen atoms in total. The maximum atomic E-state index is 12.1. The van der Waals surface area contributed by atoms with Crippen molar-refractivity contribution in [1.29, 1.82) is 0 Å². The normalized spacial score (nSPS) is 19.7. The molecule has 0 atom stereocenters. The highest BCUT2D eigenvalue weighted by molar-refractivity contribution is 7.13. The third kappa shape index (κ3) is 3.27. The minimum atomic E-state index is -0.0242. The molecule has 3 rings (SSSR count). The topological polar surface area (TPSA) is 74.3 Å². The van der Waals surface area contributed by atoms with Crippen molar-refractivity contribution >= 4 is 28.4 Å². The molecule has 20 heavy (non-hydrogen) atoms.